The number of nitrogens with one attached hydrogen (secondary N) is 1. The minimum absolute atomic E-state index is 0.0136. The molecular formula is C43H37ClN2O3. The molecule has 0 radical (unpaired) electrons. The third kappa shape index (κ3) is 6.91. The van der Waals surface area contributed by atoms with Crippen LogP contribution in [0.15, 0.2) is 176 Å². The number of esters is 1. The van der Waals surface area contributed by atoms with E-state index in [-0.39, 0.29) is 18.7 Å². The molecule has 0 spiro atoms. The van der Waals surface area contributed by atoms with Crippen molar-refractivity contribution < 1.29 is 14.3 Å². The lowest BCUT2D eigenvalue weighted by Gasteiger charge is -2.37. The van der Waals surface area contributed by atoms with E-state index in [1.807, 2.05) is 170 Å². The molecule has 0 aliphatic heterocycles. The van der Waals surface area contributed by atoms with Crippen molar-refractivity contribution in [2.75, 3.05) is 0 Å². The molecule has 6 rings (SSSR count). The Hall–Kier alpha value is -5.49. The SMILES string of the molecule is N[C@@H](CCC(=O)NC(c1ccccc1)(c1ccccc1)c1ccccc1)C(=O)OC(c1ccccc1)(c1ccccc1)c1ccccc1Cl. The molecule has 244 valence electrons. The van der Waals surface area contributed by atoms with Gasteiger partial charge in [-0.25, -0.2) is 0 Å². The van der Waals surface area contributed by atoms with E-state index in [0.717, 1.165) is 16.7 Å². The number of rotatable bonds is 12. The highest BCUT2D eigenvalue weighted by Crippen LogP contribution is 2.44. The quantitative estimate of drug-likeness (QED) is 0.102. The van der Waals surface area contributed by atoms with Crippen LogP contribution in [0.5, 0.6) is 0 Å². The zero-order chi connectivity index (χ0) is 34.1. The molecule has 0 fully saturated rings. The van der Waals surface area contributed by atoms with Crippen molar-refractivity contribution >= 4 is 23.5 Å². The summed E-state index contributed by atoms with van der Waals surface area (Å²) >= 11 is 6.81. The van der Waals surface area contributed by atoms with Gasteiger partial charge in [-0.15, -0.1) is 0 Å². The van der Waals surface area contributed by atoms with Crippen molar-refractivity contribution in [1.82, 2.24) is 5.32 Å². The number of carbonyl (C=O) groups is 2. The van der Waals surface area contributed by atoms with Gasteiger partial charge in [-0.2, -0.15) is 0 Å². The predicted octanol–water partition coefficient (Wildman–Crippen LogP) is 8.39. The van der Waals surface area contributed by atoms with E-state index in [2.05, 4.69) is 5.32 Å². The Balaban J connectivity index is 1.30. The van der Waals surface area contributed by atoms with Crippen LogP contribution in [0, 0.1) is 0 Å². The van der Waals surface area contributed by atoms with Gasteiger partial charge in [0.1, 0.15) is 11.6 Å². The lowest BCUT2D eigenvalue weighted by molar-refractivity contribution is -0.155. The number of halogens is 1. The number of hydrogen-bond acceptors (Lipinski definition) is 4. The monoisotopic (exact) mass is 664 g/mol. The lowest BCUT2D eigenvalue weighted by atomic mass is 9.77. The van der Waals surface area contributed by atoms with Crippen LogP contribution in [0.4, 0.5) is 0 Å². The highest BCUT2D eigenvalue weighted by molar-refractivity contribution is 6.31. The standard InChI is InChI=1S/C43H37ClN2O3/c44-38-29-17-16-28-37(38)43(35-24-12-4-13-25-35,36-26-14-5-15-27-36)49-41(48)39(45)30-31-40(47)46-42(32-18-6-1-7-19-32,33-20-8-2-9-21-33)34-22-10-3-11-23-34/h1-29,39H,30-31,45H2,(H,46,47)/t39-/m0/s1. The highest BCUT2D eigenvalue weighted by Gasteiger charge is 2.43. The van der Waals surface area contributed by atoms with Crippen LogP contribution in [0.2, 0.25) is 5.02 Å². The molecule has 1 amide bonds. The average Bonchev–Trinajstić information content (AvgIpc) is 3.17. The molecule has 0 aromatic heterocycles. The normalized spacial score (nSPS) is 12.1. The molecule has 0 heterocycles. The van der Waals surface area contributed by atoms with Gasteiger partial charge in [0.25, 0.3) is 0 Å². The average molecular weight is 665 g/mol. The number of carbonyl (C=O) groups excluding carboxylic acids is 2. The van der Waals surface area contributed by atoms with Crippen LogP contribution in [0.25, 0.3) is 0 Å². The Morgan fingerprint density at radius 1 is 0.571 bits per heavy atom. The van der Waals surface area contributed by atoms with Gasteiger partial charge in [0, 0.05) is 28.1 Å². The second-order valence-electron chi connectivity index (χ2n) is 11.9. The molecule has 0 saturated heterocycles. The van der Waals surface area contributed by atoms with Gasteiger partial charge < -0.3 is 15.8 Å². The first kappa shape index (κ1) is 33.4. The van der Waals surface area contributed by atoms with E-state index in [4.69, 9.17) is 22.1 Å². The first-order chi connectivity index (χ1) is 23.9. The molecule has 6 heteroatoms. The van der Waals surface area contributed by atoms with Crippen LogP contribution in [0.3, 0.4) is 0 Å². The maximum absolute atomic E-state index is 14.0. The maximum atomic E-state index is 14.0. The fourth-order valence-corrected chi connectivity index (χ4v) is 6.70. The van der Waals surface area contributed by atoms with E-state index < -0.39 is 23.2 Å². The largest absolute Gasteiger partial charge is 0.443 e. The number of hydrogen-bond donors (Lipinski definition) is 2. The van der Waals surface area contributed by atoms with Crippen LogP contribution >= 0.6 is 11.6 Å². The first-order valence-electron chi connectivity index (χ1n) is 16.3. The van der Waals surface area contributed by atoms with Crippen LogP contribution in [-0.4, -0.2) is 17.9 Å². The molecule has 49 heavy (non-hydrogen) atoms. The lowest BCUT2D eigenvalue weighted by Crippen LogP contribution is -2.48. The molecule has 0 aliphatic rings. The molecule has 0 bridgehead atoms. The van der Waals surface area contributed by atoms with Gasteiger partial charge in [-0.1, -0.05) is 181 Å². The molecular weight excluding hydrogens is 628 g/mol. The third-order valence-corrected chi connectivity index (χ3v) is 9.13. The van der Waals surface area contributed by atoms with Gasteiger partial charge in [0.15, 0.2) is 5.60 Å². The Kier molecular flexibility index (Phi) is 10.3. The summed E-state index contributed by atoms with van der Waals surface area (Å²) in [5, 5.41) is 3.78. The summed E-state index contributed by atoms with van der Waals surface area (Å²) in [6, 6.07) is 54.8. The Morgan fingerprint density at radius 2 is 0.939 bits per heavy atom. The number of amides is 1. The molecule has 0 unspecified atom stereocenters. The van der Waals surface area contributed by atoms with Gasteiger partial charge >= 0.3 is 5.97 Å². The van der Waals surface area contributed by atoms with Crippen molar-refractivity contribution in [3.8, 4) is 0 Å². The van der Waals surface area contributed by atoms with Gasteiger partial charge in [0.2, 0.25) is 5.91 Å². The minimum atomic E-state index is -1.39. The summed E-state index contributed by atoms with van der Waals surface area (Å²) in [5.74, 6) is -0.913. The van der Waals surface area contributed by atoms with Crippen LogP contribution < -0.4 is 11.1 Å². The van der Waals surface area contributed by atoms with Gasteiger partial charge in [-0.05, 0) is 29.2 Å². The van der Waals surface area contributed by atoms with E-state index in [9.17, 15) is 9.59 Å². The summed E-state index contributed by atoms with van der Waals surface area (Å²) in [5.41, 5.74) is 8.92. The zero-order valence-corrected chi connectivity index (χ0v) is 27.7. The second-order valence-corrected chi connectivity index (χ2v) is 12.3. The summed E-state index contributed by atoms with van der Waals surface area (Å²) in [7, 11) is 0. The van der Waals surface area contributed by atoms with Crippen molar-refractivity contribution in [3.05, 3.63) is 214 Å². The summed E-state index contributed by atoms with van der Waals surface area (Å²) in [4.78, 5) is 28.0. The zero-order valence-electron chi connectivity index (χ0n) is 26.9. The minimum Gasteiger partial charge on any atom is -0.443 e. The molecule has 5 nitrogen and oxygen atoms in total. The Bertz CT molecular complexity index is 1840. The van der Waals surface area contributed by atoms with E-state index >= 15 is 0 Å². The fourth-order valence-electron chi connectivity index (χ4n) is 6.43. The van der Waals surface area contributed by atoms with Crippen molar-refractivity contribution in [2.45, 2.75) is 30.0 Å². The predicted molar refractivity (Wildman–Crippen MR) is 195 cm³/mol. The maximum Gasteiger partial charge on any atom is 0.324 e. The number of ether oxygens (including phenoxy) is 1. The molecule has 6 aromatic rings. The highest BCUT2D eigenvalue weighted by atomic mass is 35.5. The van der Waals surface area contributed by atoms with Crippen LogP contribution in [-0.2, 0) is 25.5 Å². The molecule has 0 saturated carbocycles. The number of benzene rings is 6. The van der Waals surface area contributed by atoms with Crippen molar-refractivity contribution in [1.29, 1.82) is 0 Å². The molecule has 3 N–H and O–H groups in total. The van der Waals surface area contributed by atoms with Crippen LogP contribution in [0.1, 0.15) is 46.2 Å². The smallest absolute Gasteiger partial charge is 0.324 e. The summed E-state index contributed by atoms with van der Waals surface area (Å²) in [6.07, 6.45) is 0.0432. The Labute approximate surface area is 292 Å². The van der Waals surface area contributed by atoms with Gasteiger partial charge in [-0.3, -0.25) is 9.59 Å². The van der Waals surface area contributed by atoms with E-state index in [1.54, 1.807) is 6.07 Å². The van der Waals surface area contributed by atoms with E-state index in [0.29, 0.717) is 21.7 Å². The first-order valence-corrected chi connectivity index (χ1v) is 16.6. The summed E-state index contributed by atoms with van der Waals surface area (Å²) < 4.78 is 6.50. The van der Waals surface area contributed by atoms with Crippen molar-refractivity contribution in [3.63, 3.8) is 0 Å². The Morgan fingerprint density at radius 3 is 1.35 bits per heavy atom. The fraction of sp³-hybridized carbons (Fsp3) is 0.116. The van der Waals surface area contributed by atoms with Gasteiger partial charge in [0.05, 0.1) is 0 Å². The topological polar surface area (TPSA) is 81.4 Å². The molecule has 0 aliphatic carbocycles. The summed E-state index contributed by atoms with van der Waals surface area (Å²) in [6.45, 7) is 0. The third-order valence-electron chi connectivity index (χ3n) is 8.80. The van der Waals surface area contributed by atoms with E-state index in [1.165, 1.54) is 0 Å². The number of nitrogens with two attached hydrogens (primary N) is 1. The molecule has 6 aromatic carbocycles. The second kappa shape index (κ2) is 15.2. The molecule has 1 atom stereocenters. The van der Waals surface area contributed by atoms with Crippen molar-refractivity contribution in [2.24, 2.45) is 5.73 Å².